The van der Waals surface area contributed by atoms with Gasteiger partial charge >= 0.3 is 5.97 Å². The molecule has 1 atom stereocenters. The first-order chi connectivity index (χ1) is 17.8. The van der Waals surface area contributed by atoms with Crippen LogP contribution in [0.4, 0.5) is 17.1 Å². The van der Waals surface area contributed by atoms with Crippen molar-refractivity contribution in [3.8, 4) is 5.75 Å². The maximum absolute atomic E-state index is 12.8. The number of rotatable bonds is 11. The third-order valence-corrected chi connectivity index (χ3v) is 5.86. The largest absolute Gasteiger partial charge is 0.496 e. The molecule has 0 bridgehead atoms. The third-order valence-electron chi connectivity index (χ3n) is 5.86. The van der Waals surface area contributed by atoms with Gasteiger partial charge in [-0.3, -0.25) is 14.4 Å². The number of carboxylic acid groups (broad SMARTS) is 1. The van der Waals surface area contributed by atoms with Gasteiger partial charge in [0, 0.05) is 30.1 Å². The Morgan fingerprint density at radius 1 is 1.03 bits per heavy atom. The third kappa shape index (κ3) is 5.43. The molecule has 4 aromatic rings. The predicted octanol–water partition coefficient (Wildman–Crippen LogP) is 3.02. The van der Waals surface area contributed by atoms with E-state index in [4.69, 9.17) is 4.74 Å². The Balaban J connectivity index is 1.45. The lowest BCUT2D eigenvalue weighted by atomic mass is 10.0. The van der Waals surface area contributed by atoms with Gasteiger partial charge in [0.2, 0.25) is 0 Å². The number of anilines is 3. The number of methoxy groups -OCH3 is 1. The Morgan fingerprint density at radius 2 is 1.73 bits per heavy atom. The molecule has 0 aliphatic carbocycles. The molecule has 0 spiro atoms. The van der Waals surface area contributed by atoms with Gasteiger partial charge in [0.25, 0.3) is 16.8 Å². The topological polar surface area (TPSA) is 147 Å². The van der Waals surface area contributed by atoms with Crippen LogP contribution < -0.4 is 31.5 Å². The summed E-state index contributed by atoms with van der Waals surface area (Å²) in [5, 5.41) is 18.8. The number of nitrogens with zero attached hydrogens (tertiary/aromatic N) is 1. The van der Waals surface area contributed by atoms with E-state index in [0.717, 1.165) is 11.8 Å². The van der Waals surface area contributed by atoms with E-state index in [1.165, 1.54) is 7.11 Å². The monoisotopic (exact) mass is 502 g/mol. The molecule has 10 heteroatoms. The molecule has 3 aromatic carbocycles. The average Bonchev–Trinajstić information content (AvgIpc) is 2.91. The van der Waals surface area contributed by atoms with Crippen LogP contribution in [0, 0.1) is 0 Å². The minimum atomic E-state index is -1.16. The van der Waals surface area contributed by atoms with Crippen LogP contribution in [0.15, 0.2) is 64.2 Å². The van der Waals surface area contributed by atoms with Crippen molar-refractivity contribution in [3.05, 3.63) is 86.3 Å². The van der Waals surface area contributed by atoms with Crippen LogP contribution in [-0.4, -0.2) is 41.7 Å². The summed E-state index contributed by atoms with van der Waals surface area (Å²) >= 11 is 0. The zero-order valence-corrected chi connectivity index (χ0v) is 20.3. The number of nitrogens with one attached hydrogen (secondary N) is 3. The molecular formula is C27H26N4O6. The van der Waals surface area contributed by atoms with Gasteiger partial charge < -0.3 is 25.8 Å². The van der Waals surface area contributed by atoms with Crippen LogP contribution in [0.2, 0.25) is 0 Å². The van der Waals surface area contributed by atoms with Crippen molar-refractivity contribution in [3.63, 3.8) is 0 Å². The highest BCUT2D eigenvalue weighted by Gasteiger charge is 2.26. The molecular weight excluding hydrogens is 476 g/mol. The quantitative estimate of drug-likeness (QED) is 0.227. The number of para-hydroxylation sites is 1. The molecule has 10 nitrogen and oxygen atoms in total. The molecule has 4 N–H and O–H groups in total. The molecule has 4 rings (SSSR count). The molecule has 0 saturated heterocycles. The second-order valence-corrected chi connectivity index (χ2v) is 8.45. The molecule has 0 radical (unpaired) electrons. The van der Waals surface area contributed by atoms with Gasteiger partial charge in [-0.1, -0.05) is 31.2 Å². The number of aliphatic carboxylic acids is 1. The molecule has 1 heterocycles. The van der Waals surface area contributed by atoms with Gasteiger partial charge in [-0.25, -0.2) is 9.78 Å². The number of benzene rings is 2. The molecule has 0 saturated carbocycles. The highest BCUT2D eigenvalue weighted by molar-refractivity contribution is 6.05. The molecule has 37 heavy (non-hydrogen) atoms. The van der Waals surface area contributed by atoms with Crippen molar-refractivity contribution in [2.24, 2.45) is 0 Å². The van der Waals surface area contributed by atoms with E-state index in [0.29, 0.717) is 29.1 Å². The predicted molar refractivity (Wildman–Crippen MR) is 142 cm³/mol. The van der Waals surface area contributed by atoms with Gasteiger partial charge in [-0.05, 0) is 36.2 Å². The molecule has 0 unspecified atom stereocenters. The summed E-state index contributed by atoms with van der Waals surface area (Å²) in [6.07, 6.45) is 0.799. The normalized spacial score (nSPS) is 11.7. The van der Waals surface area contributed by atoms with Crippen LogP contribution in [0.25, 0.3) is 10.9 Å². The number of carbonyl (C=O) groups is 2. The van der Waals surface area contributed by atoms with E-state index in [1.54, 1.807) is 36.4 Å². The van der Waals surface area contributed by atoms with Crippen LogP contribution in [0.5, 0.6) is 5.75 Å². The fraction of sp³-hybridized carbons (Fsp3) is 0.222. The number of carboxylic acids is 1. The van der Waals surface area contributed by atoms with Gasteiger partial charge in [0.15, 0.2) is 0 Å². The maximum Gasteiger partial charge on any atom is 0.326 e. The Kier molecular flexibility index (Phi) is 7.47. The molecule has 190 valence electrons. The van der Waals surface area contributed by atoms with Crippen LogP contribution in [-0.2, 0) is 11.2 Å². The standard InChI is InChI=1S/C27H26N4O6/c1-3-12-28-22-23(25(33)24(22)32)31-20(27(35)36)13-15-8-10-16(11-9-15)29-26(34)19-14-21(37-2)17-6-4-5-7-18(17)30-19/h4-11,14,20,28,31H,3,12-13H2,1-2H3,(H,29,34)(H,35,36)/t20-/m0/s1. The van der Waals surface area contributed by atoms with Crippen molar-refractivity contribution < 1.29 is 19.4 Å². The van der Waals surface area contributed by atoms with E-state index in [1.807, 2.05) is 25.1 Å². The summed E-state index contributed by atoms with van der Waals surface area (Å²) in [4.78, 5) is 52.8. The number of amides is 1. The Bertz CT molecular complexity index is 1520. The first-order valence-corrected chi connectivity index (χ1v) is 11.7. The van der Waals surface area contributed by atoms with E-state index in [2.05, 4.69) is 20.9 Å². The summed E-state index contributed by atoms with van der Waals surface area (Å²) in [6.45, 7) is 2.40. The number of carbonyl (C=O) groups excluding carboxylic acids is 1. The zero-order valence-electron chi connectivity index (χ0n) is 20.3. The molecule has 1 amide bonds. The number of ether oxygens (including phenoxy) is 1. The lowest BCUT2D eigenvalue weighted by Crippen LogP contribution is -2.42. The van der Waals surface area contributed by atoms with Crippen molar-refractivity contribution in [2.45, 2.75) is 25.8 Å². The van der Waals surface area contributed by atoms with Gasteiger partial charge in [0.05, 0.1) is 12.6 Å². The molecule has 0 aliphatic rings. The Labute approximate surface area is 212 Å². The summed E-state index contributed by atoms with van der Waals surface area (Å²) in [5.41, 5.74) is 0.699. The Morgan fingerprint density at radius 3 is 2.41 bits per heavy atom. The van der Waals surface area contributed by atoms with E-state index < -0.39 is 28.8 Å². The van der Waals surface area contributed by atoms with Crippen molar-refractivity contribution in [2.75, 3.05) is 29.6 Å². The van der Waals surface area contributed by atoms with Gasteiger partial charge in [-0.2, -0.15) is 0 Å². The first-order valence-electron chi connectivity index (χ1n) is 11.7. The maximum atomic E-state index is 12.8. The number of fused-ring (bicyclic) bond motifs is 1. The summed E-state index contributed by atoms with van der Waals surface area (Å²) in [7, 11) is 1.53. The van der Waals surface area contributed by atoms with E-state index >= 15 is 0 Å². The van der Waals surface area contributed by atoms with Crippen LogP contribution >= 0.6 is 0 Å². The van der Waals surface area contributed by atoms with Gasteiger partial charge in [0.1, 0.15) is 28.9 Å². The smallest absolute Gasteiger partial charge is 0.326 e. The molecule has 1 aromatic heterocycles. The van der Waals surface area contributed by atoms with E-state index in [-0.39, 0.29) is 23.5 Å². The number of aromatic nitrogens is 1. The van der Waals surface area contributed by atoms with E-state index in [9.17, 15) is 24.3 Å². The second kappa shape index (κ2) is 10.9. The molecule has 0 aliphatic heterocycles. The summed E-state index contributed by atoms with van der Waals surface area (Å²) in [6, 6.07) is 14.4. The number of hydrogen-bond acceptors (Lipinski definition) is 8. The van der Waals surface area contributed by atoms with Crippen molar-refractivity contribution in [1.29, 1.82) is 0 Å². The van der Waals surface area contributed by atoms with Crippen molar-refractivity contribution in [1.82, 2.24) is 4.98 Å². The fourth-order valence-electron chi connectivity index (χ4n) is 3.91. The lowest BCUT2D eigenvalue weighted by Gasteiger charge is -2.20. The number of pyridine rings is 1. The zero-order chi connectivity index (χ0) is 26.5. The van der Waals surface area contributed by atoms with Crippen molar-refractivity contribution >= 4 is 39.8 Å². The van der Waals surface area contributed by atoms with Crippen LogP contribution in [0.1, 0.15) is 29.4 Å². The first kappa shape index (κ1) is 25.4. The average molecular weight is 503 g/mol. The molecule has 0 fully saturated rings. The highest BCUT2D eigenvalue weighted by atomic mass is 16.5. The highest BCUT2D eigenvalue weighted by Crippen LogP contribution is 2.25. The SMILES string of the molecule is CCCNc1c(N[C@@H](Cc2ccc(NC(=O)c3cc(OC)c4ccccc4n3)cc2)C(=O)O)c(=O)c1=O. The second-order valence-electron chi connectivity index (χ2n) is 8.45. The number of hydrogen-bond donors (Lipinski definition) is 4. The Hall–Kier alpha value is -4.73. The summed E-state index contributed by atoms with van der Waals surface area (Å²) < 4.78 is 5.40. The van der Waals surface area contributed by atoms with Gasteiger partial charge in [-0.15, -0.1) is 0 Å². The summed E-state index contributed by atoms with van der Waals surface area (Å²) in [5.74, 6) is -1.05. The van der Waals surface area contributed by atoms with Crippen LogP contribution in [0.3, 0.4) is 0 Å². The minimum absolute atomic E-state index is 0.00644. The lowest BCUT2D eigenvalue weighted by molar-refractivity contribution is -0.137. The fourth-order valence-corrected chi connectivity index (χ4v) is 3.91. The minimum Gasteiger partial charge on any atom is -0.496 e.